The van der Waals surface area contributed by atoms with E-state index in [1.807, 2.05) is 6.07 Å². The van der Waals surface area contributed by atoms with Crippen molar-refractivity contribution < 1.29 is 27.1 Å². The summed E-state index contributed by atoms with van der Waals surface area (Å²) in [6, 6.07) is 7.06. The van der Waals surface area contributed by atoms with Crippen LogP contribution >= 0.6 is 12.4 Å². The minimum atomic E-state index is -4.73. The van der Waals surface area contributed by atoms with Gasteiger partial charge in [-0.15, -0.1) is 12.4 Å². The Balaban J connectivity index is 0.00000456. The minimum absolute atomic E-state index is 0. The molecule has 0 unspecified atom stereocenters. The molecule has 11 heteroatoms. The average Bonchev–Trinajstić information content (AvgIpc) is 2.79. The lowest BCUT2D eigenvalue weighted by molar-refractivity contribution is -0.138. The van der Waals surface area contributed by atoms with Gasteiger partial charge in [-0.1, -0.05) is 12.1 Å². The average molecular weight is 525 g/mol. The van der Waals surface area contributed by atoms with Gasteiger partial charge in [0.15, 0.2) is 0 Å². The molecule has 1 aromatic carbocycles. The number of hydrogen-bond donors (Lipinski definition) is 1. The summed E-state index contributed by atoms with van der Waals surface area (Å²) in [5.74, 6) is -0.842. The van der Waals surface area contributed by atoms with Crippen LogP contribution < -0.4 is 10.6 Å². The van der Waals surface area contributed by atoms with E-state index in [-0.39, 0.29) is 42.3 Å². The van der Waals surface area contributed by atoms with Crippen LogP contribution in [0.2, 0.25) is 0 Å². The number of carbonyl (C=O) groups is 1. The number of carbonyl (C=O) groups excluding carboxylic acids is 1. The van der Waals surface area contributed by atoms with Crippen LogP contribution in [-0.4, -0.2) is 24.0 Å². The third-order valence-electron chi connectivity index (χ3n) is 5.40. The molecule has 0 spiro atoms. The number of ether oxygens (including phenoxy) is 1. The van der Waals surface area contributed by atoms with Gasteiger partial charge in [0.2, 0.25) is 5.91 Å². The summed E-state index contributed by atoms with van der Waals surface area (Å²) in [5.41, 5.74) is 3.50. The third kappa shape index (κ3) is 6.34. The zero-order valence-corrected chi connectivity index (χ0v) is 20.6. The topological polar surface area (TPSA) is 92.2 Å². The molecule has 6 nitrogen and oxygen atoms in total. The molecule has 1 aliphatic rings. The molecule has 0 saturated heterocycles. The number of benzene rings is 1. The first-order chi connectivity index (χ1) is 16.4. The van der Waals surface area contributed by atoms with E-state index in [1.165, 1.54) is 37.1 Å². The molecule has 0 aliphatic carbocycles. The number of rotatable bonds is 7. The quantitative estimate of drug-likeness (QED) is 0.498. The molecule has 0 atom stereocenters. The van der Waals surface area contributed by atoms with E-state index in [4.69, 9.17) is 10.5 Å². The zero-order valence-electron chi connectivity index (χ0n) is 19.8. The Hall–Kier alpha value is -3.58. The van der Waals surface area contributed by atoms with Crippen molar-refractivity contribution in [3.63, 3.8) is 0 Å². The number of pyridine rings is 1. The SMILES string of the molecule is CCOC1=CC(c2ccc(CC(N)=O)c(F)c2)=CN(c2cnc(C(C)(C)C#N)c(C(F)(F)F)c2)C1.Cl. The molecule has 1 aromatic heterocycles. The van der Waals surface area contributed by atoms with Gasteiger partial charge in [-0.05, 0) is 50.1 Å². The first kappa shape index (κ1) is 28.7. The molecule has 0 radical (unpaired) electrons. The lowest BCUT2D eigenvalue weighted by Crippen LogP contribution is -2.27. The Morgan fingerprint density at radius 2 is 1.97 bits per heavy atom. The van der Waals surface area contributed by atoms with E-state index in [1.54, 1.807) is 25.3 Å². The fourth-order valence-electron chi connectivity index (χ4n) is 3.67. The number of nitrogens with two attached hydrogens (primary N) is 1. The lowest BCUT2D eigenvalue weighted by atomic mass is 9.87. The summed E-state index contributed by atoms with van der Waals surface area (Å²) in [5, 5.41) is 9.34. The molecule has 36 heavy (non-hydrogen) atoms. The molecular formula is C25H25ClF4N4O2. The number of primary amides is 1. The summed E-state index contributed by atoms with van der Waals surface area (Å²) in [6.07, 6.45) is -0.476. The Bertz CT molecular complexity index is 1250. The Labute approximate surface area is 212 Å². The summed E-state index contributed by atoms with van der Waals surface area (Å²) >= 11 is 0. The molecule has 1 aliphatic heterocycles. The number of anilines is 1. The van der Waals surface area contributed by atoms with Gasteiger partial charge in [0.05, 0.1) is 54.2 Å². The maximum atomic E-state index is 14.5. The van der Waals surface area contributed by atoms with E-state index in [0.29, 0.717) is 23.5 Å². The van der Waals surface area contributed by atoms with Crippen molar-refractivity contribution in [1.82, 2.24) is 4.98 Å². The van der Waals surface area contributed by atoms with Gasteiger partial charge in [-0.25, -0.2) is 4.39 Å². The van der Waals surface area contributed by atoms with Gasteiger partial charge in [0.25, 0.3) is 0 Å². The summed E-state index contributed by atoms with van der Waals surface area (Å²) < 4.78 is 61.8. The number of halogens is 5. The van der Waals surface area contributed by atoms with E-state index < -0.39 is 28.9 Å². The van der Waals surface area contributed by atoms with Crippen LogP contribution in [0.5, 0.6) is 0 Å². The molecule has 2 N–H and O–H groups in total. The van der Waals surface area contributed by atoms with E-state index in [9.17, 15) is 27.6 Å². The van der Waals surface area contributed by atoms with Crippen LogP contribution in [0.15, 0.2) is 48.5 Å². The highest BCUT2D eigenvalue weighted by molar-refractivity contribution is 5.85. The largest absolute Gasteiger partial charge is 0.496 e. The summed E-state index contributed by atoms with van der Waals surface area (Å²) in [7, 11) is 0. The summed E-state index contributed by atoms with van der Waals surface area (Å²) in [4.78, 5) is 16.7. The second-order valence-electron chi connectivity index (χ2n) is 8.53. The Morgan fingerprint density at radius 1 is 1.28 bits per heavy atom. The van der Waals surface area contributed by atoms with Gasteiger partial charge in [0, 0.05) is 11.8 Å². The second-order valence-corrected chi connectivity index (χ2v) is 8.53. The minimum Gasteiger partial charge on any atom is -0.496 e. The molecule has 3 rings (SSSR count). The Morgan fingerprint density at radius 3 is 2.53 bits per heavy atom. The van der Waals surface area contributed by atoms with Crippen LogP contribution in [0.3, 0.4) is 0 Å². The molecule has 1 amide bonds. The predicted molar refractivity (Wildman–Crippen MR) is 129 cm³/mol. The van der Waals surface area contributed by atoms with Crippen molar-refractivity contribution >= 4 is 29.6 Å². The van der Waals surface area contributed by atoms with Crippen molar-refractivity contribution in [3.8, 4) is 6.07 Å². The molecule has 192 valence electrons. The molecule has 0 bridgehead atoms. The fourth-order valence-corrected chi connectivity index (χ4v) is 3.67. The number of alkyl halides is 3. The highest BCUT2D eigenvalue weighted by Gasteiger charge is 2.40. The van der Waals surface area contributed by atoms with Crippen LogP contribution in [-0.2, 0) is 27.5 Å². The van der Waals surface area contributed by atoms with Crippen molar-refractivity contribution in [2.24, 2.45) is 5.73 Å². The highest BCUT2D eigenvalue weighted by atomic mass is 35.5. The van der Waals surface area contributed by atoms with Gasteiger partial charge in [0.1, 0.15) is 11.6 Å². The van der Waals surface area contributed by atoms with Gasteiger partial charge >= 0.3 is 6.18 Å². The Kier molecular flexibility index (Phi) is 8.75. The van der Waals surface area contributed by atoms with Crippen molar-refractivity contribution in [1.29, 1.82) is 5.26 Å². The van der Waals surface area contributed by atoms with Crippen molar-refractivity contribution in [2.75, 3.05) is 18.1 Å². The lowest BCUT2D eigenvalue weighted by Gasteiger charge is -2.29. The smallest absolute Gasteiger partial charge is 0.418 e. The number of nitriles is 1. The standard InChI is InChI=1S/C25H24F4N4O2.ClH/c1-4-35-19-7-17(15-5-6-16(9-22(31)34)21(26)8-15)12-33(13-19)18-10-20(25(27,28)29)23(32-11-18)24(2,3)14-30;/h5-8,10-12H,4,9,13H2,1-3H3,(H2,31,34);1H. The normalized spacial score (nSPS) is 13.8. The molecule has 0 saturated carbocycles. The fraction of sp³-hybridized carbons (Fsp3) is 0.320. The summed E-state index contributed by atoms with van der Waals surface area (Å²) in [6.45, 7) is 4.95. The molecule has 0 fully saturated rings. The van der Waals surface area contributed by atoms with Crippen LogP contribution in [0.25, 0.3) is 5.57 Å². The second kappa shape index (κ2) is 11.0. The first-order valence-electron chi connectivity index (χ1n) is 10.7. The predicted octanol–water partition coefficient (Wildman–Crippen LogP) is 5.27. The zero-order chi connectivity index (χ0) is 26.0. The third-order valence-corrected chi connectivity index (χ3v) is 5.40. The number of hydrogen-bond acceptors (Lipinski definition) is 5. The highest BCUT2D eigenvalue weighted by Crippen LogP contribution is 2.39. The maximum Gasteiger partial charge on any atom is 0.418 e. The molecule has 2 aromatic rings. The van der Waals surface area contributed by atoms with E-state index >= 15 is 0 Å². The molecular weight excluding hydrogens is 500 g/mol. The number of amides is 1. The maximum absolute atomic E-state index is 14.5. The van der Waals surface area contributed by atoms with E-state index in [2.05, 4.69) is 4.98 Å². The number of allylic oxidation sites excluding steroid dienone is 2. The van der Waals surface area contributed by atoms with Gasteiger partial charge in [-0.2, -0.15) is 18.4 Å². The van der Waals surface area contributed by atoms with Gasteiger partial charge in [-0.3, -0.25) is 9.78 Å². The van der Waals surface area contributed by atoms with E-state index in [0.717, 1.165) is 6.07 Å². The van der Waals surface area contributed by atoms with Crippen LogP contribution in [0, 0.1) is 17.1 Å². The monoisotopic (exact) mass is 524 g/mol. The molecule has 2 heterocycles. The van der Waals surface area contributed by atoms with Crippen molar-refractivity contribution in [2.45, 2.75) is 38.8 Å². The van der Waals surface area contributed by atoms with Crippen LogP contribution in [0.4, 0.5) is 23.2 Å². The number of nitrogens with zero attached hydrogens (tertiary/aromatic N) is 3. The van der Waals surface area contributed by atoms with Gasteiger partial charge < -0.3 is 15.4 Å². The first-order valence-corrected chi connectivity index (χ1v) is 10.7. The van der Waals surface area contributed by atoms with Crippen LogP contribution in [0.1, 0.15) is 43.2 Å². The van der Waals surface area contributed by atoms with Crippen molar-refractivity contribution in [3.05, 3.63) is 76.7 Å². The number of aromatic nitrogens is 1.